The van der Waals surface area contributed by atoms with Gasteiger partial charge in [0.1, 0.15) is 5.75 Å². The minimum atomic E-state index is -0.460. The Hall–Kier alpha value is -1.81. The molecule has 1 aromatic rings. The minimum Gasteiger partial charge on any atom is -0.494 e. The van der Waals surface area contributed by atoms with E-state index < -0.39 is 5.91 Å². The van der Waals surface area contributed by atoms with Gasteiger partial charge < -0.3 is 4.74 Å². The van der Waals surface area contributed by atoms with Gasteiger partial charge in [-0.15, -0.1) is 0 Å². The van der Waals surface area contributed by atoms with Gasteiger partial charge in [0.25, 0.3) is 5.91 Å². The number of unbranched alkanes of at least 4 members (excludes halogenated alkanes) is 1. The Morgan fingerprint density at radius 2 is 2.06 bits per heavy atom. The van der Waals surface area contributed by atoms with Crippen molar-refractivity contribution in [2.75, 3.05) is 13.7 Å². The van der Waals surface area contributed by atoms with E-state index in [4.69, 9.17) is 9.94 Å². The van der Waals surface area contributed by atoms with Crippen LogP contribution in [-0.2, 0) is 4.79 Å². The summed E-state index contributed by atoms with van der Waals surface area (Å²) in [5.41, 5.74) is 0.882. The highest BCUT2D eigenvalue weighted by molar-refractivity contribution is 5.90. The van der Waals surface area contributed by atoms with Crippen molar-refractivity contribution in [2.45, 2.75) is 19.8 Å². The average molecular weight is 249 g/mol. The van der Waals surface area contributed by atoms with E-state index in [9.17, 15) is 4.79 Å². The zero-order valence-corrected chi connectivity index (χ0v) is 10.8. The normalized spacial score (nSPS) is 10.6. The van der Waals surface area contributed by atoms with Crippen LogP contribution in [-0.4, -0.2) is 29.8 Å². The lowest BCUT2D eigenvalue weighted by atomic mass is 10.2. The summed E-state index contributed by atoms with van der Waals surface area (Å²) in [6.45, 7) is 2.84. The first-order chi connectivity index (χ1) is 8.63. The molecular weight excluding hydrogens is 230 g/mol. The summed E-state index contributed by atoms with van der Waals surface area (Å²) < 4.78 is 5.53. The van der Waals surface area contributed by atoms with Crippen molar-refractivity contribution in [3.05, 3.63) is 35.9 Å². The molecule has 0 saturated carbocycles. The second-order valence-corrected chi connectivity index (χ2v) is 3.97. The zero-order valence-electron chi connectivity index (χ0n) is 10.8. The molecule has 0 fully saturated rings. The van der Waals surface area contributed by atoms with E-state index in [1.54, 1.807) is 6.08 Å². The second kappa shape index (κ2) is 7.50. The Bertz CT molecular complexity index is 396. The number of rotatable bonds is 6. The number of hydrogen-bond acceptors (Lipinski definition) is 3. The number of benzene rings is 1. The Morgan fingerprint density at radius 1 is 1.39 bits per heavy atom. The van der Waals surface area contributed by atoms with Gasteiger partial charge in [-0.2, -0.15) is 0 Å². The topological polar surface area (TPSA) is 49.8 Å². The van der Waals surface area contributed by atoms with Crippen LogP contribution in [0.15, 0.2) is 30.3 Å². The molecule has 0 unspecified atom stereocenters. The van der Waals surface area contributed by atoms with E-state index in [1.165, 1.54) is 13.1 Å². The van der Waals surface area contributed by atoms with E-state index in [-0.39, 0.29) is 0 Å². The molecule has 18 heavy (non-hydrogen) atoms. The molecule has 98 valence electrons. The number of likely N-dealkylation sites (N-methyl/N-ethyl adjacent to an activating group) is 1. The molecule has 0 atom stereocenters. The van der Waals surface area contributed by atoms with Gasteiger partial charge >= 0.3 is 0 Å². The van der Waals surface area contributed by atoms with Crippen LogP contribution in [0.2, 0.25) is 0 Å². The molecule has 1 rings (SSSR count). The molecule has 0 heterocycles. The Labute approximate surface area is 107 Å². The molecule has 1 aromatic carbocycles. The number of nitrogens with zero attached hydrogens (tertiary/aromatic N) is 1. The van der Waals surface area contributed by atoms with Crippen LogP contribution < -0.4 is 4.74 Å². The van der Waals surface area contributed by atoms with Crippen molar-refractivity contribution in [3.63, 3.8) is 0 Å². The largest absolute Gasteiger partial charge is 0.494 e. The summed E-state index contributed by atoms with van der Waals surface area (Å²) >= 11 is 0. The van der Waals surface area contributed by atoms with Crippen molar-refractivity contribution < 1.29 is 14.7 Å². The van der Waals surface area contributed by atoms with Crippen LogP contribution in [0.5, 0.6) is 5.75 Å². The fourth-order valence-electron chi connectivity index (χ4n) is 1.28. The third kappa shape index (κ3) is 5.01. The standard InChI is InChI=1S/C14H19NO3/c1-3-4-11-18-13-8-5-12(6-9-13)7-10-14(16)15(2)17/h5-10,17H,3-4,11H2,1-2H3/b10-7+. The van der Waals surface area contributed by atoms with E-state index in [0.717, 1.165) is 30.8 Å². The summed E-state index contributed by atoms with van der Waals surface area (Å²) in [4.78, 5) is 11.1. The van der Waals surface area contributed by atoms with Crippen molar-refractivity contribution in [2.24, 2.45) is 0 Å². The van der Waals surface area contributed by atoms with Crippen molar-refractivity contribution in [1.82, 2.24) is 5.06 Å². The van der Waals surface area contributed by atoms with E-state index in [2.05, 4.69) is 6.92 Å². The van der Waals surface area contributed by atoms with Crippen LogP contribution in [0.4, 0.5) is 0 Å². The molecule has 0 saturated heterocycles. The predicted octanol–water partition coefficient (Wildman–Crippen LogP) is 2.73. The molecule has 0 aliphatic heterocycles. The van der Waals surface area contributed by atoms with Gasteiger partial charge in [-0.1, -0.05) is 25.5 Å². The number of carbonyl (C=O) groups is 1. The van der Waals surface area contributed by atoms with E-state index in [1.807, 2.05) is 24.3 Å². The maximum absolute atomic E-state index is 11.1. The molecule has 4 heteroatoms. The van der Waals surface area contributed by atoms with Crippen LogP contribution in [0.25, 0.3) is 6.08 Å². The SMILES string of the molecule is CCCCOc1ccc(/C=C/C(=O)N(C)O)cc1. The second-order valence-electron chi connectivity index (χ2n) is 3.97. The quantitative estimate of drug-likeness (QED) is 0.365. The van der Waals surface area contributed by atoms with Gasteiger partial charge in [-0.05, 0) is 30.2 Å². The highest BCUT2D eigenvalue weighted by atomic mass is 16.5. The number of ether oxygens (including phenoxy) is 1. The van der Waals surface area contributed by atoms with Crippen LogP contribution in [0.1, 0.15) is 25.3 Å². The van der Waals surface area contributed by atoms with Crippen LogP contribution in [0.3, 0.4) is 0 Å². The first kappa shape index (κ1) is 14.3. The van der Waals surface area contributed by atoms with Gasteiger partial charge in [0.05, 0.1) is 6.61 Å². The molecule has 1 N–H and O–H groups in total. The summed E-state index contributed by atoms with van der Waals surface area (Å²) in [6, 6.07) is 7.45. The summed E-state index contributed by atoms with van der Waals surface area (Å²) in [5.74, 6) is 0.365. The molecule has 4 nitrogen and oxygen atoms in total. The van der Waals surface area contributed by atoms with Gasteiger partial charge in [-0.3, -0.25) is 10.0 Å². The number of hydrogen-bond donors (Lipinski definition) is 1. The van der Waals surface area contributed by atoms with Crippen molar-refractivity contribution in [3.8, 4) is 5.75 Å². The number of carbonyl (C=O) groups excluding carboxylic acids is 1. The Kier molecular flexibility index (Phi) is 5.94. The van der Waals surface area contributed by atoms with E-state index in [0.29, 0.717) is 5.06 Å². The zero-order chi connectivity index (χ0) is 13.4. The highest BCUT2D eigenvalue weighted by Gasteiger charge is 1.99. The van der Waals surface area contributed by atoms with Gasteiger partial charge in [0.15, 0.2) is 0 Å². The lowest BCUT2D eigenvalue weighted by Crippen LogP contribution is -2.19. The third-order valence-corrected chi connectivity index (χ3v) is 2.38. The molecule has 0 radical (unpaired) electrons. The third-order valence-electron chi connectivity index (χ3n) is 2.38. The lowest BCUT2D eigenvalue weighted by Gasteiger charge is -2.05. The van der Waals surface area contributed by atoms with Crippen molar-refractivity contribution in [1.29, 1.82) is 0 Å². The summed E-state index contributed by atoms with van der Waals surface area (Å²) in [6.07, 6.45) is 5.11. The van der Waals surface area contributed by atoms with Gasteiger partial charge in [0.2, 0.25) is 0 Å². The maximum atomic E-state index is 11.1. The summed E-state index contributed by atoms with van der Waals surface area (Å²) in [7, 11) is 1.29. The predicted molar refractivity (Wildman–Crippen MR) is 70.4 cm³/mol. The first-order valence-electron chi connectivity index (χ1n) is 6.01. The molecule has 0 aliphatic rings. The number of amides is 1. The van der Waals surface area contributed by atoms with Crippen molar-refractivity contribution >= 4 is 12.0 Å². The van der Waals surface area contributed by atoms with Gasteiger partial charge in [0, 0.05) is 13.1 Å². The molecule has 0 aliphatic carbocycles. The fourth-order valence-corrected chi connectivity index (χ4v) is 1.28. The molecule has 0 bridgehead atoms. The smallest absolute Gasteiger partial charge is 0.269 e. The fraction of sp³-hybridized carbons (Fsp3) is 0.357. The average Bonchev–Trinajstić information content (AvgIpc) is 2.37. The molecule has 0 aromatic heterocycles. The van der Waals surface area contributed by atoms with E-state index >= 15 is 0 Å². The molecular formula is C14H19NO3. The first-order valence-corrected chi connectivity index (χ1v) is 6.01. The summed E-state index contributed by atoms with van der Waals surface area (Å²) in [5, 5.41) is 9.42. The Balaban J connectivity index is 2.52. The maximum Gasteiger partial charge on any atom is 0.269 e. The molecule has 1 amide bonds. The van der Waals surface area contributed by atoms with Crippen LogP contribution >= 0.6 is 0 Å². The lowest BCUT2D eigenvalue weighted by molar-refractivity contribution is -0.153. The van der Waals surface area contributed by atoms with Gasteiger partial charge in [-0.25, -0.2) is 5.06 Å². The monoisotopic (exact) mass is 249 g/mol. The Morgan fingerprint density at radius 3 is 2.61 bits per heavy atom. The minimum absolute atomic E-state index is 0.460. The van der Waals surface area contributed by atoms with Crippen LogP contribution in [0, 0.1) is 0 Å². The molecule has 0 spiro atoms. The highest BCUT2D eigenvalue weighted by Crippen LogP contribution is 2.13. The number of hydroxylamine groups is 2.